The lowest BCUT2D eigenvalue weighted by Gasteiger charge is -2.29. The Labute approximate surface area is 163 Å². The molecule has 1 heterocycles. The van der Waals surface area contributed by atoms with Gasteiger partial charge in [-0.2, -0.15) is 0 Å². The predicted molar refractivity (Wildman–Crippen MR) is 103 cm³/mol. The van der Waals surface area contributed by atoms with Gasteiger partial charge < -0.3 is 4.90 Å². The van der Waals surface area contributed by atoms with E-state index < -0.39 is 14.9 Å². The van der Waals surface area contributed by atoms with Gasteiger partial charge in [0.25, 0.3) is 5.69 Å². The van der Waals surface area contributed by atoms with Crippen molar-refractivity contribution in [1.82, 2.24) is 9.21 Å². The van der Waals surface area contributed by atoms with Crippen LogP contribution in [0.1, 0.15) is 17.5 Å². The van der Waals surface area contributed by atoms with Crippen molar-refractivity contribution in [2.75, 3.05) is 20.1 Å². The first-order chi connectivity index (χ1) is 13.3. The smallest absolute Gasteiger partial charge is 0.269 e. The summed E-state index contributed by atoms with van der Waals surface area (Å²) >= 11 is 0. The van der Waals surface area contributed by atoms with Crippen LogP contribution in [0, 0.1) is 10.1 Å². The lowest BCUT2D eigenvalue weighted by atomic mass is 10.00. The molecule has 2 aromatic rings. The fraction of sp³-hybridized carbons (Fsp3) is 0.316. The van der Waals surface area contributed by atoms with Crippen LogP contribution in [0.15, 0.2) is 53.4 Å². The van der Waals surface area contributed by atoms with Gasteiger partial charge in [0.2, 0.25) is 15.9 Å². The second-order valence-electron chi connectivity index (χ2n) is 6.66. The molecule has 0 aliphatic carbocycles. The lowest BCUT2D eigenvalue weighted by Crippen LogP contribution is -2.38. The number of nitro benzene ring substituents is 1. The van der Waals surface area contributed by atoms with Gasteiger partial charge in [0.1, 0.15) is 0 Å². The van der Waals surface area contributed by atoms with E-state index in [1.165, 1.54) is 24.7 Å². The van der Waals surface area contributed by atoms with E-state index in [2.05, 4.69) is 6.07 Å². The van der Waals surface area contributed by atoms with Crippen LogP contribution in [-0.4, -0.2) is 48.6 Å². The number of non-ortho nitro benzene ring substituents is 1. The minimum atomic E-state index is -3.82. The normalized spacial score (nSPS) is 14.0. The molecule has 1 aliphatic rings. The fourth-order valence-corrected chi connectivity index (χ4v) is 4.33. The van der Waals surface area contributed by atoms with Crippen LogP contribution >= 0.6 is 0 Å². The SMILES string of the molecule is CN(CCC(=O)N1CCc2ccccc2C1)S(=O)(=O)c1ccc([N+](=O)[O-])cc1. The zero-order chi connectivity index (χ0) is 20.3. The van der Waals surface area contributed by atoms with Crippen LogP contribution in [0.25, 0.3) is 0 Å². The summed E-state index contributed by atoms with van der Waals surface area (Å²) in [6, 6.07) is 12.7. The van der Waals surface area contributed by atoms with E-state index in [1.807, 2.05) is 18.2 Å². The van der Waals surface area contributed by atoms with Gasteiger partial charge in [-0.25, -0.2) is 12.7 Å². The first-order valence-corrected chi connectivity index (χ1v) is 10.3. The zero-order valence-corrected chi connectivity index (χ0v) is 16.3. The van der Waals surface area contributed by atoms with Gasteiger partial charge in [0.05, 0.1) is 9.82 Å². The van der Waals surface area contributed by atoms with Crippen LogP contribution in [0.2, 0.25) is 0 Å². The highest BCUT2D eigenvalue weighted by atomic mass is 32.2. The Balaban J connectivity index is 1.60. The van der Waals surface area contributed by atoms with Crippen molar-refractivity contribution in [2.24, 2.45) is 0 Å². The van der Waals surface area contributed by atoms with Crippen LogP contribution in [-0.2, 0) is 27.8 Å². The van der Waals surface area contributed by atoms with Gasteiger partial charge in [-0.1, -0.05) is 24.3 Å². The molecular weight excluding hydrogens is 382 g/mol. The summed E-state index contributed by atoms with van der Waals surface area (Å²) in [5, 5.41) is 10.7. The Morgan fingerprint density at radius 2 is 1.79 bits per heavy atom. The number of benzene rings is 2. The van der Waals surface area contributed by atoms with Crippen LogP contribution in [0.3, 0.4) is 0 Å². The van der Waals surface area contributed by atoms with E-state index in [-0.39, 0.29) is 29.5 Å². The van der Waals surface area contributed by atoms with Crippen LogP contribution < -0.4 is 0 Å². The van der Waals surface area contributed by atoms with Gasteiger partial charge in [0.15, 0.2) is 0 Å². The van der Waals surface area contributed by atoms with Crippen molar-refractivity contribution >= 4 is 21.6 Å². The number of hydrogen-bond acceptors (Lipinski definition) is 5. The average molecular weight is 403 g/mol. The zero-order valence-electron chi connectivity index (χ0n) is 15.4. The van der Waals surface area contributed by atoms with Crippen molar-refractivity contribution in [3.63, 3.8) is 0 Å². The number of nitrogens with zero attached hydrogens (tertiary/aromatic N) is 3. The topological polar surface area (TPSA) is 101 Å². The highest BCUT2D eigenvalue weighted by Gasteiger charge is 2.25. The van der Waals surface area contributed by atoms with Crippen molar-refractivity contribution < 1.29 is 18.1 Å². The molecule has 0 aromatic heterocycles. The van der Waals surface area contributed by atoms with Crippen LogP contribution in [0.4, 0.5) is 5.69 Å². The molecule has 0 saturated carbocycles. The molecule has 0 bridgehead atoms. The van der Waals surface area contributed by atoms with E-state index in [9.17, 15) is 23.3 Å². The van der Waals surface area contributed by atoms with Crippen molar-refractivity contribution in [1.29, 1.82) is 0 Å². The van der Waals surface area contributed by atoms with E-state index in [1.54, 1.807) is 4.90 Å². The number of hydrogen-bond donors (Lipinski definition) is 0. The van der Waals surface area contributed by atoms with E-state index in [0.29, 0.717) is 13.1 Å². The quantitative estimate of drug-likeness (QED) is 0.544. The summed E-state index contributed by atoms with van der Waals surface area (Å²) < 4.78 is 26.3. The van der Waals surface area contributed by atoms with E-state index in [4.69, 9.17) is 0 Å². The fourth-order valence-electron chi connectivity index (χ4n) is 3.16. The summed E-state index contributed by atoms with van der Waals surface area (Å²) in [6.07, 6.45) is 0.865. The maximum Gasteiger partial charge on any atom is 0.269 e. The Morgan fingerprint density at radius 1 is 1.14 bits per heavy atom. The predicted octanol–water partition coefficient (Wildman–Crippen LogP) is 2.19. The summed E-state index contributed by atoms with van der Waals surface area (Å²) in [7, 11) is -2.42. The molecule has 9 heteroatoms. The van der Waals surface area contributed by atoms with E-state index >= 15 is 0 Å². The molecule has 0 N–H and O–H groups in total. The van der Waals surface area contributed by atoms with Gasteiger partial charge in [-0.15, -0.1) is 0 Å². The molecule has 0 radical (unpaired) electrons. The number of carbonyl (C=O) groups is 1. The third kappa shape index (κ3) is 4.20. The van der Waals surface area contributed by atoms with Crippen molar-refractivity contribution in [3.8, 4) is 0 Å². The second kappa shape index (κ2) is 8.07. The summed E-state index contributed by atoms with van der Waals surface area (Å²) in [6.45, 7) is 1.19. The molecular formula is C19H21N3O5S. The molecule has 1 aliphatic heterocycles. The number of carbonyl (C=O) groups excluding carboxylic acids is 1. The Hall–Kier alpha value is -2.78. The third-order valence-corrected chi connectivity index (χ3v) is 6.75. The van der Waals surface area contributed by atoms with E-state index in [0.717, 1.165) is 28.4 Å². The minimum absolute atomic E-state index is 0.0380. The molecule has 0 unspecified atom stereocenters. The van der Waals surface area contributed by atoms with Crippen molar-refractivity contribution in [3.05, 3.63) is 69.8 Å². The molecule has 8 nitrogen and oxygen atoms in total. The monoisotopic (exact) mass is 403 g/mol. The largest absolute Gasteiger partial charge is 0.338 e. The van der Waals surface area contributed by atoms with Gasteiger partial charge in [0, 0.05) is 45.2 Å². The van der Waals surface area contributed by atoms with Gasteiger partial charge in [-0.3, -0.25) is 14.9 Å². The summed E-state index contributed by atoms with van der Waals surface area (Å²) in [5.41, 5.74) is 2.18. The molecule has 28 heavy (non-hydrogen) atoms. The van der Waals surface area contributed by atoms with Gasteiger partial charge >= 0.3 is 0 Å². The van der Waals surface area contributed by atoms with Crippen molar-refractivity contribution in [2.45, 2.75) is 24.3 Å². The molecule has 0 fully saturated rings. The molecule has 1 amide bonds. The number of rotatable bonds is 6. The first-order valence-electron chi connectivity index (χ1n) is 8.84. The van der Waals surface area contributed by atoms with Gasteiger partial charge in [-0.05, 0) is 29.7 Å². The third-order valence-electron chi connectivity index (χ3n) is 4.88. The molecule has 3 rings (SSSR count). The highest BCUT2D eigenvalue weighted by Crippen LogP contribution is 2.21. The molecule has 0 saturated heterocycles. The maximum atomic E-state index is 12.6. The second-order valence-corrected chi connectivity index (χ2v) is 8.71. The number of fused-ring (bicyclic) bond motifs is 1. The number of amides is 1. The molecule has 2 aromatic carbocycles. The molecule has 0 spiro atoms. The minimum Gasteiger partial charge on any atom is -0.338 e. The van der Waals surface area contributed by atoms with Crippen LogP contribution in [0.5, 0.6) is 0 Å². The molecule has 0 atom stereocenters. The highest BCUT2D eigenvalue weighted by molar-refractivity contribution is 7.89. The summed E-state index contributed by atoms with van der Waals surface area (Å²) in [4.78, 5) is 24.3. The summed E-state index contributed by atoms with van der Waals surface area (Å²) in [5.74, 6) is -0.0970. The Bertz CT molecular complexity index is 989. The standard InChI is InChI=1S/C19H21N3O5S/c1-20(28(26,27)18-8-6-17(7-9-18)22(24)25)12-11-19(23)21-13-10-15-4-2-3-5-16(15)14-21/h2-9H,10-14H2,1H3. The molecule has 148 valence electrons. The lowest BCUT2D eigenvalue weighted by molar-refractivity contribution is -0.384. The average Bonchev–Trinajstić information content (AvgIpc) is 2.71. The number of nitro groups is 1. The number of sulfonamides is 1. The maximum absolute atomic E-state index is 12.6. The Kier molecular flexibility index (Phi) is 5.76. The first kappa shape index (κ1) is 20.0. The Morgan fingerprint density at radius 3 is 2.43 bits per heavy atom.